The van der Waals surface area contributed by atoms with Crippen LogP contribution in [0.2, 0.25) is 0 Å². The van der Waals surface area contributed by atoms with Crippen LogP contribution in [0.1, 0.15) is 29.7 Å². The van der Waals surface area contributed by atoms with Gasteiger partial charge >= 0.3 is 0 Å². The molecule has 0 bridgehead atoms. The molecular formula is C10H16N2O. The second-order valence-electron chi connectivity index (χ2n) is 3.46. The van der Waals surface area contributed by atoms with E-state index in [1.807, 2.05) is 20.8 Å². The zero-order valence-corrected chi connectivity index (χ0v) is 8.26. The van der Waals surface area contributed by atoms with Gasteiger partial charge in [-0.15, -0.1) is 0 Å². The van der Waals surface area contributed by atoms with Crippen molar-refractivity contribution in [3.05, 3.63) is 22.8 Å². The third kappa shape index (κ3) is 1.60. The number of phenolic OH excluding ortho intramolecular Hbond substituents is 1. The van der Waals surface area contributed by atoms with Gasteiger partial charge in [-0.05, 0) is 38.0 Å². The van der Waals surface area contributed by atoms with Gasteiger partial charge in [0.1, 0.15) is 5.75 Å². The largest absolute Gasteiger partial charge is 0.507 e. The van der Waals surface area contributed by atoms with E-state index in [9.17, 15) is 5.11 Å². The van der Waals surface area contributed by atoms with Crippen LogP contribution in [0, 0.1) is 13.8 Å². The Morgan fingerprint density at radius 3 is 2.38 bits per heavy atom. The number of aryl methyl sites for hydroxylation is 1. The summed E-state index contributed by atoms with van der Waals surface area (Å²) in [5.41, 5.74) is 14.6. The Morgan fingerprint density at radius 2 is 1.92 bits per heavy atom. The van der Waals surface area contributed by atoms with E-state index in [2.05, 4.69) is 0 Å². The van der Waals surface area contributed by atoms with Crippen LogP contribution >= 0.6 is 0 Å². The number of phenols is 1. The Morgan fingerprint density at radius 1 is 1.38 bits per heavy atom. The van der Waals surface area contributed by atoms with Crippen LogP contribution in [0.25, 0.3) is 0 Å². The van der Waals surface area contributed by atoms with Crippen LogP contribution in [-0.2, 0) is 0 Å². The summed E-state index contributed by atoms with van der Waals surface area (Å²) in [5, 5.41) is 9.74. The highest BCUT2D eigenvalue weighted by atomic mass is 16.3. The molecule has 13 heavy (non-hydrogen) atoms. The van der Waals surface area contributed by atoms with Crippen molar-refractivity contribution < 1.29 is 5.11 Å². The predicted molar refractivity (Wildman–Crippen MR) is 54.6 cm³/mol. The lowest BCUT2D eigenvalue weighted by molar-refractivity contribution is 0.459. The summed E-state index contributed by atoms with van der Waals surface area (Å²) in [5.74, 6) is 0.265. The van der Waals surface area contributed by atoms with E-state index in [0.717, 1.165) is 16.7 Å². The quantitative estimate of drug-likeness (QED) is 0.454. The lowest BCUT2D eigenvalue weighted by Gasteiger charge is -2.15. The second kappa shape index (κ2) is 3.26. The summed E-state index contributed by atoms with van der Waals surface area (Å²) in [7, 11) is 0. The number of aromatic hydroxyl groups is 1. The zero-order chi connectivity index (χ0) is 10.2. The lowest BCUT2D eigenvalue weighted by Crippen LogP contribution is -2.09. The van der Waals surface area contributed by atoms with Crippen molar-refractivity contribution in [2.75, 3.05) is 5.73 Å². The molecule has 0 aromatic heterocycles. The molecule has 0 fully saturated rings. The molecule has 0 saturated heterocycles. The van der Waals surface area contributed by atoms with Gasteiger partial charge in [0.25, 0.3) is 0 Å². The molecule has 1 aromatic rings. The maximum atomic E-state index is 9.74. The molecule has 0 aliphatic heterocycles. The van der Waals surface area contributed by atoms with Crippen LogP contribution in [0.4, 0.5) is 5.69 Å². The Bertz CT molecular complexity index is 306. The summed E-state index contributed by atoms with van der Waals surface area (Å²) in [6.45, 7) is 5.52. The van der Waals surface area contributed by atoms with Crippen LogP contribution in [0.5, 0.6) is 5.75 Å². The van der Waals surface area contributed by atoms with E-state index in [1.165, 1.54) is 0 Å². The molecule has 0 aliphatic rings. The van der Waals surface area contributed by atoms with Crippen molar-refractivity contribution in [3.8, 4) is 5.75 Å². The molecule has 3 nitrogen and oxygen atoms in total. The first kappa shape index (κ1) is 9.86. The first-order chi connectivity index (χ1) is 5.95. The van der Waals surface area contributed by atoms with Crippen LogP contribution in [0.3, 0.4) is 0 Å². The molecule has 1 aromatic carbocycles. The molecule has 0 amide bonds. The van der Waals surface area contributed by atoms with Gasteiger partial charge in [-0.3, -0.25) is 0 Å². The molecule has 72 valence electrons. The highest BCUT2D eigenvalue weighted by molar-refractivity contribution is 5.59. The second-order valence-corrected chi connectivity index (χ2v) is 3.46. The third-order valence-corrected chi connectivity index (χ3v) is 2.29. The fourth-order valence-electron chi connectivity index (χ4n) is 1.51. The van der Waals surface area contributed by atoms with E-state index >= 15 is 0 Å². The molecule has 3 heteroatoms. The summed E-state index contributed by atoms with van der Waals surface area (Å²) in [4.78, 5) is 0. The van der Waals surface area contributed by atoms with E-state index in [4.69, 9.17) is 11.5 Å². The zero-order valence-electron chi connectivity index (χ0n) is 8.26. The van der Waals surface area contributed by atoms with Gasteiger partial charge in [-0.1, -0.05) is 0 Å². The number of benzene rings is 1. The maximum Gasteiger partial charge on any atom is 0.123 e. The average molecular weight is 180 g/mol. The van der Waals surface area contributed by atoms with Crippen molar-refractivity contribution in [3.63, 3.8) is 0 Å². The molecule has 1 rings (SSSR count). The van der Waals surface area contributed by atoms with Gasteiger partial charge < -0.3 is 16.6 Å². The minimum Gasteiger partial charge on any atom is -0.507 e. The molecular weight excluding hydrogens is 164 g/mol. The van der Waals surface area contributed by atoms with Gasteiger partial charge in [-0.25, -0.2) is 0 Å². The Labute approximate surface area is 78.4 Å². The third-order valence-electron chi connectivity index (χ3n) is 2.29. The number of anilines is 1. The molecule has 0 saturated carbocycles. The van der Waals surface area contributed by atoms with E-state index in [-0.39, 0.29) is 11.8 Å². The first-order valence-electron chi connectivity index (χ1n) is 4.29. The highest BCUT2D eigenvalue weighted by Crippen LogP contribution is 2.33. The normalized spacial score (nSPS) is 12.9. The van der Waals surface area contributed by atoms with Crippen molar-refractivity contribution in [1.82, 2.24) is 0 Å². The number of hydrogen-bond acceptors (Lipinski definition) is 3. The summed E-state index contributed by atoms with van der Waals surface area (Å²) in [6.07, 6.45) is 0. The minimum absolute atomic E-state index is 0.192. The highest BCUT2D eigenvalue weighted by Gasteiger charge is 2.13. The van der Waals surface area contributed by atoms with Crippen molar-refractivity contribution in [2.45, 2.75) is 26.8 Å². The fourth-order valence-corrected chi connectivity index (χ4v) is 1.51. The van der Waals surface area contributed by atoms with Crippen molar-refractivity contribution in [2.24, 2.45) is 5.73 Å². The van der Waals surface area contributed by atoms with E-state index < -0.39 is 0 Å². The summed E-state index contributed by atoms with van der Waals surface area (Å²) < 4.78 is 0. The molecule has 0 radical (unpaired) electrons. The SMILES string of the molecule is Cc1cc(N)c(C)c(C(C)N)c1O. The van der Waals surface area contributed by atoms with E-state index in [1.54, 1.807) is 6.07 Å². The molecule has 1 atom stereocenters. The van der Waals surface area contributed by atoms with Crippen LogP contribution in [0.15, 0.2) is 6.07 Å². The van der Waals surface area contributed by atoms with E-state index in [0.29, 0.717) is 5.69 Å². The number of nitrogen functional groups attached to an aromatic ring is 1. The standard InChI is InChI=1S/C10H16N2O/c1-5-4-8(12)6(2)9(7(3)11)10(5)13/h4,7,13H,11-12H2,1-3H3. The van der Waals surface area contributed by atoms with Gasteiger partial charge in [0.2, 0.25) is 0 Å². The number of nitrogens with two attached hydrogens (primary N) is 2. The van der Waals surface area contributed by atoms with Crippen LogP contribution < -0.4 is 11.5 Å². The van der Waals surface area contributed by atoms with Crippen molar-refractivity contribution in [1.29, 1.82) is 0 Å². The molecule has 1 unspecified atom stereocenters. The molecule has 5 N–H and O–H groups in total. The van der Waals surface area contributed by atoms with Crippen molar-refractivity contribution >= 4 is 5.69 Å². The van der Waals surface area contributed by atoms with Gasteiger partial charge in [0.15, 0.2) is 0 Å². The van der Waals surface area contributed by atoms with Gasteiger partial charge in [-0.2, -0.15) is 0 Å². The molecule has 0 heterocycles. The van der Waals surface area contributed by atoms with Crippen LogP contribution in [-0.4, -0.2) is 5.11 Å². The van der Waals surface area contributed by atoms with Gasteiger partial charge in [0, 0.05) is 17.3 Å². The average Bonchev–Trinajstić information content (AvgIpc) is 2.01. The Kier molecular flexibility index (Phi) is 2.48. The van der Waals surface area contributed by atoms with Gasteiger partial charge in [0.05, 0.1) is 0 Å². The molecule has 0 spiro atoms. The number of rotatable bonds is 1. The Balaban J connectivity index is 3.46. The smallest absolute Gasteiger partial charge is 0.123 e. The lowest BCUT2D eigenvalue weighted by atomic mass is 9.97. The molecule has 0 aliphatic carbocycles. The maximum absolute atomic E-state index is 9.74. The summed E-state index contributed by atoms with van der Waals surface area (Å²) >= 11 is 0. The fraction of sp³-hybridized carbons (Fsp3) is 0.400. The predicted octanol–water partition coefficient (Wildman–Crippen LogP) is 1.61. The number of hydrogen-bond donors (Lipinski definition) is 3. The Hall–Kier alpha value is -1.22. The topological polar surface area (TPSA) is 72.3 Å². The minimum atomic E-state index is -0.192. The monoisotopic (exact) mass is 180 g/mol. The first-order valence-corrected chi connectivity index (χ1v) is 4.29. The summed E-state index contributed by atoms with van der Waals surface area (Å²) in [6, 6.07) is 1.57.